The van der Waals surface area contributed by atoms with Crippen LogP contribution in [0, 0.1) is 12.8 Å². The minimum Gasteiger partial charge on any atom is -0.378 e. The van der Waals surface area contributed by atoms with Gasteiger partial charge in [-0.1, -0.05) is 0 Å². The topological polar surface area (TPSA) is 81.1 Å². The summed E-state index contributed by atoms with van der Waals surface area (Å²) in [6, 6.07) is 5.61. The molecular formula is C14H21N3O. The molecule has 0 saturated heterocycles. The first-order valence-corrected chi connectivity index (χ1v) is 6.35. The quantitative estimate of drug-likeness (QED) is 0.739. The number of hydrogen-bond donors (Lipinski definition) is 3. The summed E-state index contributed by atoms with van der Waals surface area (Å²) in [7, 11) is 0. The summed E-state index contributed by atoms with van der Waals surface area (Å²) in [6.07, 6.45) is 2.47. The number of carbonyl (C=O) groups is 1. The van der Waals surface area contributed by atoms with Crippen LogP contribution >= 0.6 is 0 Å². The average Bonchev–Trinajstić information content (AvgIpc) is 3.12. The number of aryl methyl sites for hydroxylation is 1. The smallest absolute Gasteiger partial charge is 0.248 e. The first-order valence-electron chi connectivity index (χ1n) is 6.35. The van der Waals surface area contributed by atoms with Crippen LogP contribution in [0.2, 0.25) is 0 Å². The molecule has 0 aliphatic heterocycles. The van der Waals surface area contributed by atoms with E-state index in [9.17, 15) is 4.79 Å². The van der Waals surface area contributed by atoms with E-state index in [2.05, 4.69) is 12.2 Å². The molecule has 0 heterocycles. The Morgan fingerprint density at radius 3 is 2.61 bits per heavy atom. The molecule has 0 radical (unpaired) electrons. The fraction of sp³-hybridized carbons (Fsp3) is 0.500. The first kappa shape index (κ1) is 12.9. The lowest BCUT2D eigenvalue weighted by atomic mass is 9.95. The summed E-state index contributed by atoms with van der Waals surface area (Å²) in [4.78, 5) is 11.2. The zero-order valence-electron chi connectivity index (χ0n) is 11.0. The first-order chi connectivity index (χ1) is 8.46. The Bertz CT molecular complexity index is 468. The van der Waals surface area contributed by atoms with Gasteiger partial charge in [-0.3, -0.25) is 4.79 Å². The van der Waals surface area contributed by atoms with Crippen LogP contribution < -0.4 is 16.8 Å². The Morgan fingerprint density at radius 2 is 2.17 bits per heavy atom. The standard InChI is InChI=1S/C14H21N3O/c1-9-7-11(5-6-12(9)13(16)18)17-14(2,8-15)10-3-4-10/h5-7,10,17H,3-4,8,15H2,1-2H3,(H2,16,18). The van der Waals surface area contributed by atoms with Crippen molar-refractivity contribution in [2.45, 2.75) is 32.2 Å². The molecule has 4 nitrogen and oxygen atoms in total. The van der Waals surface area contributed by atoms with Crippen LogP contribution in [0.4, 0.5) is 5.69 Å². The van der Waals surface area contributed by atoms with Gasteiger partial charge in [0.2, 0.25) is 5.91 Å². The second-order valence-corrected chi connectivity index (χ2v) is 5.41. The van der Waals surface area contributed by atoms with Crippen molar-refractivity contribution in [2.24, 2.45) is 17.4 Å². The summed E-state index contributed by atoms with van der Waals surface area (Å²) >= 11 is 0. The molecule has 1 aromatic carbocycles. The van der Waals surface area contributed by atoms with Gasteiger partial charge in [-0.2, -0.15) is 0 Å². The monoisotopic (exact) mass is 247 g/mol. The zero-order valence-corrected chi connectivity index (χ0v) is 11.0. The number of amides is 1. The van der Waals surface area contributed by atoms with Gasteiger partial charge >= 0.3 is 0 Å². The van der Waals surface area contributed by atoms with E-state index in [0.29, 0.717) is 18.0 Å². The Morgan fingerprint density at radius 1 is 1.50 bits per heavy atom. The second-order valence-electron chi connectivity index (χ2n) is 5.41. The molecule has 18 heavy (non-hydrogen) atoms. The predicted molar refractivity (Wildman–Crippen MR) is 73.5 cm³/mol. The average molecular weight is 247 g/mol. The molecule has 5 N–H and O–H groups in total. The van der Waals surface area contributed by atoms with Gasteiger partial charge in [-0.05, 0) is 56.4 Å². The van der Waals surface area contributed by atoms with Crippen LogP contribution in [-0.2, 0) is 0 Å². The van der Waals surface area contributed by atoms with Gasteiger partial charge in [0.25, 0.3) is 0 Å². The molecule has 1 aliphatic carbocycles. The fourth-order valence-electron chi connectivity index (χ4n) is 2.39. The van der Waals surface area contributed by atoms with Crippen molar-refractivity contribution in [2.75, 3.05) is 11.9 Å². The molecule has 1 aliphatic rings. The van der Waals surface area contributed by atoms with Crippen LogP contribution in [0.3, 0.4) is 0 Å². The summed E-state index contributed by atoms with van der Waals surface area (Å²) in [5.74, 6) is 0.265. The van der Waals surface area contributed by atoms with Crippen LogP contribution in [0.5, 0.6) is 0 Å². The lowest BCUT2D eigenvalue weighted by Crippen LogP contribution is -2.44. The summed E-state index contributed by atoms with van der Waals surface area (Å²) in [6.45, 7) is 4.65. The number of rotatable bonds is 5. The third kappa shape index (κ3) is 2.48. The number of nitrogens with one attached hydrogen (secondary N) is 1. The Balaban J connectivity index is 2.19. The van der Waals surface area contributed by atoms with Crippen molar-refractivity contribution >= 4 is 11.6 Å². The zero-order chi connectivity index (χ0) is 13.3. The molecule has 1 fully saturated rings. The molecule has 1 atom stereocenters. The molecule has 1 unspecified atom stereocenters. The van der Waals surface area contributed by atoms with Crippen molar-refractivity contribution in [3.05, 3.63) is 29.3 Å². The Hall–Kier alpha value is -1.55. The molecule has 4 heteroatoms. The third-order valence-corrected chi connectivity index (χ3v) is 3.82. The minimum atomic E-state index is -0.386. The molecular weight excluding hydrogens is 226 g/mol. The van der Waals surface area contributed by atoms with Crippen molar-refractivity contribution in [1.29, 1.82) is 0 Å². The van der Waals surface area contributed by atoms with Crippen molar-refractivity contribution < 1.29 is 4.79 Å². The number of carbonyl (C=O) groups excluding carboxylic acids is 1. The molecule has 0 bridgehead atoms. The van der Waals surface area contributed by atoms with E-state index in [4.69, 9.17) is 11.5 Å². The molecule has 2 rings (SSSR count). The molecule has 1 amide bonds. The summed E-state index contributed by atoms with van der Waals surface area (Å²) in [5, 5.41) is 3.50. The van der Waals surface area contributed by atoms with Crippen molar-refractivity contribution in [1.82, 2.24) is 0 Å². The predicted octanol–water partition coefficient (Wildman–Crippen LogP) is 1.63. The molecule has 1 aromatic rings. The Kier molecular flexibility index (Phi) is 3.30. The van der Waals surface area contributed by atoms with Gasteiger partial charge in [0.15, 0.2) is 0 Å². The largest absolute Gasteiger partial charge is 0.378 e. The third-order valence-electron chi connectivity index (χ3n) is 3.82. The van der Waals surface area contributed by atoms with Crippen molar-refractivity contribution in [3.8, 4) is 0 Å². The fourth-order valence-corrected chi connectivity index (χ4v) is 2.39. The maximum atomic E-state index is 11.2. The van der Waals surface area contributed by atoms with Gasteiger partial charge in [0, 0.05) is 23.3 Å². The summed E-state index contributed by atoms with van der Waals surface area (Å²) in [5.41, 5.74) is 13.6. The second kappa shape index (κ2) is 4.61. The number of anilines is 1. The van der Waals surface area contributed by atoms with Gasteiger partial charge in [0.05, 0.1) is 0 Å². The number of hydrogen-bond acceptors (Lipinski definition) is 3. The van der Waals surface area contributed by atoms with Gasteiger partial charge < -0.3 is 16.8 Å². The summed E-state index contributed by atoms with van der Waals surface area (Å²) < 4.78 is 0. The van der Waals surface area contributed by atoms with Gasteiger partial charge in [-0.25, -0.2) is 0 Å². The molecule has 98 valence electrons. The van der Waals surface area contributed by atoms with Gasteiger partial charge in [-0.15, -0.1) is 0 Å². The van der Waals surface area contributed by atoms with E-state index >= 15 is 0 Å². The number of nitrogens with two attached hydrogens (primary N) is 2. The number of primary amides is 1. The van der Waals surface area contributed by atoms with E-state index < -0.39 is 0 Å². The van der Waals surface area contributed by atoms with E-state index in [1.807, 2.05) is 19.1 Å². The lowest BCUT2D eigenvalue weighted by Gasteiger charge is -2.31. The maximum absolute atomic E-state index is 11.2. The Labute approximate surface area is 108 Å². The highest BCUT2D eigenvalue weighted by molar-refractivity contribution is 5.94. The highest BCUT2D eigenvalue weighted by atomic mass is 16.1. The molecule has 0 spiro atoms. The van der Waals surface area contributed by atoms with Crippen LogP contribution in [-0.4, -0.2) is 18.0 Å². The van der Waals surface area contributed by atoms with Crippen LogP contribution in [0.15, 0.2) is 18.2 Å². The van der Waals surface area contributed by atoms with E-state index in [1.165, 1.54) is 12.8 Å². The maximum Gasteiger partial charge on any atom is 0.248 e. The lowest BCUT2D eigenvalue weighted by molar-refractivity contribution is 0.1000. The molecule has 1 saturated carbocycles. The van der Waals surface area contributed by atoms with E-state index in [-0.39, 0.29) is 11.4 Å². The normalized spacial score (nSPS) is 18.2. The van der Waals surface area contributed by atoms with E-state index in [1.54, 1.807) is 6.07 Å². The number of benzene rings is 1. The van der Waals surface area contributed by atoms with E-state index in [0.717, 1.165) is 11.3 Å². The van der Waals surface area contributed by atoms with Crippen LogP contribution in [0.25, 0.3) is 0 Å². The highest BCUT2D eigenvalue weighted by Gasteiger charge is 2.40. The van der Waals surface area contributed by atoms with Crippen LogP contribution in [0.1, 0.15) is 35.7 Å². The minimum absolute atomic E-state index is 0.0549. The van der Waals surface area contributed by atoms with Crippen molar-refractivity contribution in [3.63, 3.8) is 0 Å². The molecule has 0 aromatic heterocycles. The highest BCUT2D eigenvalue weighted by Crippen LogP contribution is 2.40. The SMILES string of the molecule is Cc1cc(NC(C)(CN)C2CC2)ccc1C(N)=O. The van der Waals surface area contributed by atoms with Gasteiger partial charge in [0.1, 0.15) is 0 Å².